The van der Waals surface area contributed by atoms with Gasteiger partial charge in [0.25, 0.3) is 5.56 Å². The van der Waals surface area contributed by atoms with Crippen molar-refractivity contribution in [2.75, 3.05) is 16.8 Å². The van der Waals surface area contributed by atoms with Gasteiger partial charge in [0.05, 0.1) is 11.7 Å². The van der Waals surface area contributed by atoms with Crippen molar-refractivity contribution in [3.05, 3.63) is 77.3 Å². The van der Waals surface area contributed by atoms with Crippen molar-refractivity contribution < 1.29 is 9.59 Å². The molecular formula is C24H20N4O3S. The number of anilines is 2. The van der Waals surface area contributed by atoms with Gasteiger partial charge in [0.15, 0.2) is 0 Å². The van der Waals surface area contributed by atoms with E-state index < -0.39 is 0 Å². The Morgan fingerprint density at radius 1 is 1.06 bits per heavy atom. The van der Waals surface area contributed by atoms with Crippen molar-refractivity contribution >= 4 is 44.7 Å². The van der Waals surface area contributed by atoms with E-state index >= 15 is 0 Å². The first kappa shape index (κ1) is 20.1. The van der Waals surface area contributed by atoms with Crippen LogP contribution < -0.4 is 15.8 Å². The van der Waals surface area contributed by atoms with Gasteiger partial charge in [-0.2, -0.15) is 0 Å². The molecule has 8 heteroatoms. The van der Waals surface area contributed by atoms with Crippen molar-refractivity contribution in [3.63, 3.8) is 0 Å². The highest BCUT2D eigenvalue weighted by Crippen LogP contribution is 2.30. The maximum absolute atomic E-state index is 12.9. The number of carbonyl (C=O) groups excluding carboxylic acids is 2. The lowest BCUT2D eigenvalue weighted by atomic mass is 10.2. The summed E-state index contributed by atoms with van der Waals surface area (Å²) in [6.45, 7) is 0.536. The molecule has 2 aromatic carbocycles. The van der Waals surface area contributed by atoms with Gasteiger partial charge < -0.3 is 10.2 Å². The molecular weight excluding hydrogens is 424 g/mol. The van der Waals surface area contributed by atoms with Crippen molar-refractivity contribution in [1.82, 2.24) is 9.55 Å². The Morgan fingerprint density at radius 3 is 2.69 bits per heavy atom. The largest absolute Gasteiger partial charge is 0.324 e. The molecule has 1 aliphatic rings. The van der Waals surface area contributed by atoms with Crippen LogP contribution in [0.25, 0.3) is 20.7 Å². The molecule has 0 saturated carbocycles. The molecule has 1 N–H and O–H groups in total. The van der Waals surface area contributed by atoms with E-state index in [-0.39, 0.29) is 23.9 Å². The first-order valence-electron chi connectivity index (χ1n) is 10.3. The third-order valence-electron chi connectivity index (χ3n) is 5.41. The highest BCUT2D eigenvalue weighted by Gasteiger charge is 2.22. The summed E-state index contributed by atoms with van der Waals surface area (Å²) in [5.41, 5.74) is 2.11. The van der Waals surface area contributed by atoms with Gasteiger partial charge in [0, 0.05) is 29.2 Å². The van der Waals surface area contributed by atoms with Crippen LogP contribution in [0.5, 0.6) is 0 Å². The van der Waals surface area contributed by atoms with Gasteiger partial charge in [-0.25, -0.2) is 4.98 Å². The molecule has 0 bridgehead atoms. The number of rotatable bonds is 5. The van der Waals surface area contributed by atoms with Gasteiger partial charge in [-0.15, -0.1) is 11.3 Å². The summed E-state index contributed by atoms with van der Waals surface area (Å²) in [5.74, 6) is -0.248. The lowest BCUT2D eigenvalue weighted by Crippen LogP contribution is -2.28. The number of amides is 2. The van der Waals surface area contributed by atoms with Crippen molar-refractivity contribution in [1.29, 1.82) is 0 Å². The van der Waals surface area contributed by atoms with E-state index in [1.165, 1.54) is 22.2 Å². The van der Waals surface area contributed by atoms with E-state index in [0.29, 0.717) is 28.9 Å². The van der Waals surface area contributed by atoms with Crippen molar-refractivity contribution in [2.24, 2.45) is 0 Å². The van der Waals surface area contributed by atoms with Crippen LogP contribution in [0.4, 0.5) is 11.4 Å². The van der Waals surface area contributed by atoms with E-state index in [4.69, 9.17) is 0 Å². The topological polar surface area (TPSA) is 84.3 Å². The molecule has 5 rings (SSSR count). The standard InChI is InChI=1S/C24H20N4O3S/c29-21(26-17-8-4-9-18(12-17)28-11-5-10-22(28)30)14-27-15-25-23-19(24(27)31)13-20(32-23)16-6-2-1-3-7-16/h1-4,6-9,12-13,15H,5,10-11,14H2,(H,26,29). The molecule has 1 aliphatic heterocycles. The molecule has 160 valence electrons. The third kappa shape index (κ3) is 3.92. The summed E-state index contributed by atoms with van der Waals surface area (Å²) in [7, 11) is 0. The second-order valence-electron chi connectivity index (χ2n) is 7.62. The average Bonchev–Trinajstić information content (AvgIpc) is 3.43. The Bertz CT molecular complexity index is 1380. The summed E-state index contributed by atoms with van der Waals surface area (Å²) < 4.78 is 1.31. The van der Waals surface area contributed by atoms with Gasteiger partial charge in [0.1, 0.15) is 11.4 Å². The number of nitrogens with zero attached hydrogens (tertiary/aromatic N) is 3. The zero-order valence-corrected chi connectivity index (χ0v) is 18.0. The molecule has 1 saturated heterocycles. The molecule has 2 aromatic heterocycles. The normalized spacial score (nSPS) is 13.6. The Morgan fingerprint density at radius 2 is 1.91 bits per heavy atom. The van der Waals surface area contributed by atoms with Crippen LogP contribution >= 0.6 is 11.3 Å². The van der Waals surface area contributed by atoms with Crippen molar-refractivity contribution in [2.45, 2.75) is 19.4 Å². The first-order chi connectivity index (χ1) is 15.6. The summed E-state index contributed by atoms with van der Waals surface area (Å²) in [6.07, 6.45) is 2.79. The number of carbonyl (C=O) groups is 2. The maximum atomic E-state index is 12.9. The summed E-state index contributed by atoms with van der Waals surface area (Å²) in [6, 6.07) is 18.8. The van der Waals surface area contributed by atoms with Gasteiger partial charge in [-0.05, 0) is 36.2 Å². The summed E-state index contributed by atoms with van der Waals surface area (Å²) in [4.78, 5) is 45.2. The maximum Gasteiger partial charge on any atom is 0.262 e. The van der Waals surface area contributed by atoms with Crippen LogP contribution in [0, 0.1) is 0 Å². The van der Waals surface area contributed by atoms with E-state index in [2.05, 4.69) is 10.3 Å². The fraction of sp³-hybridized carbons (Fsp3) is 0.167. The smallest absolute Gasteiger partial charge is 0.262 e. The number of nitrogens with one attached hydrogen (secondary N) is 1. The SMILES string of the molecule is O=C(Cn1cnc2sc(-c3ccccc3)cc2c1=O)Nc1cccc(N2CCCC2=O)c1. The van der Waals surface area contributed by atoms with E-state index in [0.717, 1.165) is 22.5 Å². The zero-order chi connectivity index (χ0) is 22.1. The summed E-state index contributed by atoms with van der Waals surface area (Å²) in [5, 5.41) is 3.31. The number of aromatic nitrogens is 2. The molecule has 0 unspecified atom stereocenters. The predicted molar refractivity (Wildman–Crippen MR) is 126 cm³/mol. The van der Waals surface area contributed by atoms with Gasteiger partial charge >= 0.3 is 0 Å². The molecule has 4 aromatic rings. The minimum absolute atomic E-state index is 0.0880. The third-order valence-corrected chi connectivity index (χ3v) is 6.50. The van der Waals surface area contributed by atoms with Crippen LogP contribution in [-0.4, -0.2) is 27.9 Å². The van der Waals surface area contributed by atoms with Crippen LogP contribution in [-0.2, 0) is 16.1 Å². The second kappa shape index (κ2) is 8.39. The fourth-order valence-corrected chi connectivity index (χ4v) is 4.84. The molecule has 2 amide bonds. The molecule has 0 atom stereocenters. The molecule has 0 radical (unpaired) electrons. The van der Waals surface area contributed by atoms with Crippen LogP contribution in [0.3, 0.4) is 0 Å². The molecule has 7 nitrogen and oxygen atoms in total. The van der Waals surface area contributed by atoms with E-state index in [9.17, 15) is 14.4 Å². The van der Waals surface area contributed by atoms with Gasteiger partial charge in [-0.1, -0.05) is 36.4 Å². The molecule has 1 fully saturated rings. The molecule has 0 spiro atoms. The molecule has 0 aliphatic carbocycles. The first-order valence-corrected chi connectivity index (χ1v) is 11.1. The number of hydrogen-bond donors (Lipinski definition) is 1. The lowest BCUT2D eigenvalue weighted by molar-refractivity contribution is -0.117. The monoisotopic (exact) mass is 444 g/mol. The minimum atomic E-state index is -0.336. The highest BCUT2D eigenvalue weighted by atomic mass is 32.1. The molecule has 32 heavy (non-hydrogen) atoms. The zero-order valence-electron chi connectivity index (χ0n) is 17.2. The minimum Gasteiger partial charge on any atom is -0.324 e. The van der Waals surface area contributed by atoms with Crippen LogP contribution in [0.2, 0.25) is 0 Å². The Balaban J connectivity index is 1.34. The number of hydrogen-bond acceptors (Lipinski definition) is 5. The van der Waals surface area contributed by atoms with Gasteiger partial charge in [-0.3, -0.25) is 19.0 Å². The lowest BCUT2D eigenvalue weighted by Gasteiger charge is -2.16. The number of benzene rings is 2. The van der Waals surface area contributed by atoms with Gasteiger partial charge in [0.2, 0.25) is 11.8 Å². The highest BCUT2D eigenvalue weighted by molar-refractivity contribution is 7.21. The van der Waals surface area contributed by atoms with Crippen molar-refractivity contribution in [3.8, 4) is 10.4 Å². The molecule has 3 heterocycles. The number of fused-ring (bicyclic) bond motifs is 1. The predicted octanol–water partition coefficient (Wildman–Crippen LogP) is 3.89. The van der Waals surface area contributed by atoms with E-state index in [1.54, 1.807) is 23.1 Å². The van der Waals surface area contributed by atoms with Crippen LogP contribution in [0.15, 0.2) is 71.8 Å². The average molecular weight is 445 g/mol. The van der Waals surface area contributed by atoms with Crippen LogP contribution in [0.1, 0.15) is 12.8 Å². The Kier molecular flexibility index (Phi) is 5.28. The second-order valence-corrected chi connectivity index (χ2v) is 8.65. The fourth-order valence-electron chi connectivity index (χ4n) is 3.85. The quantitative estimate of drug-likeness (QED) is 0.506. The summed E-state index contributed by atoms with van der Waals surface area (Å²) >= 11 is 1.45. The Labute approximate surface area is 187 Å². The number of thiophene rings is 1. The van der Waals surface area contributed by atoms with E-state index in [1.807, 2.05) is 42.5 Å². The Hall–Kier alpha value is -3.78.